The number of carbonyl (C=O) groups excluding carboxylic acids is 2. The monoisotopic (exact) mass is 1580 g/mol. The van der Waals surface area contributed by atoms with Crippen LogP contribution in [0.3, 0.4) is 0 Å². The van der Waals surface area contributed by atoms with Crippen LogP contribution in [0.15, 0.2) is 77.9 Å². The van der Waals surface area contributed by atoms with E-state index in [2.05, 4.69) is 84.7 Å². The quantitative estimate of drug-likeness (QED) is 0.0287. The van der Waals surface area contributed by atoms with Crippen LogP contribution in [-0.4, -0.2) is 195 Å². The molecule has 6 fully saturated rings. The summed E-state index contributed by atoms with van der Waals surface area (Å²) in [7, 11) is -14.1. The van der Waals surface area contributed by atoms with E-state index in [1.807, 2.05) is 0 Å². The van der Waals surface area contributed by atoms with E-state index in [-0.39, 0.29) is 120 Å². The molecule has 6 saturated heterocycles. The van der Waals surface area contributed by atoms with Crippen molar-refractivity contribution in [3.05, 3.63) is 106 Å². The van der Waals surface area contributed by atoms with E-state index in [1.54, 1.807) is 62.6 Å². The number of hydrogen-bond acceptors (Lipinski definition) is 34. The molecular weight excluding hydrogens is 1510 g/mol. The number of nitrogen functional groups attached to an aromatic ring is 2. The van der Waals surface area contributed by atoms with Gasteiger partial charge in [-0.2, -0.15) is 36.2 Å². The Bertz CT molecular complexity index is 5340. The summed E-state index contributed by atoms with van der Waals surface area (Å²) in [5.41, 5.74) is 11.7. The maximum absolute atomic E-state index is 13.8. The summed E-state index contributed by atoms with van der Waals surface area (Å²) in [5, 5.41) is 5.32. The van der Waals surface area contributed by atoms with Gasteiger partial charge in [-0.1, -0.05) is 45.9 Å². The number of phosphoric acid groups is 1. The molecule has 6 aliphatic heterocycles. The molecule has 9 aromatic rings. The number of nitrogens with two attached hydrogens (primary N) is 2. The van der Waals surface area contributed by atoms with Crippen molar-refractivity contribution in [1.29, 1.82) is 0 Å². The number of nitrogens with zero attached hydrogens (tertiary/aromatic N) is 15. The maximum Gasteiger partial charge on any atom is 1.00 e. The Hall–Kier alpha value is -7.73. The van der Waals surface area contributed by atoms with Crippen molar-refractivity contribution < 1.29 is 115 Å². The Balaban J connectivity index is 0.000000195. The van der Waals surface area contributed by atoms with E-state index in [0.29, 0.717) is 22.4 Å². The molecule has 16 atom stereocenters. The van der Waals surface area contributed by atoms with Gasteiger partial charge in [-0.15, -0.1) is 0 Å². The Labute approximate surface area is 625 Å². The molecule has 2 amide bonds. The topological polar surface area (TPSA) is 563 Å². The number of benzene rings is 1. The van der Waals surface area contributed by atoms with Gasteiger partial charge < -0.3 is 68.1 Å². The number of H-pyrrole nitrogens is 2. The van der Waals surface area contributed by atoms with Crippen LogP contribution < -0.4 is 77.1 Å². The van der Waals surface area contributed by atoms with Crippen molar-refractivity contribution in [1.82, 2.24) is 87.5 Å². The molecule has 0 aliphatic carbocycles. The normalized spacial score (nSPS) is 30.2. The summed E-state index contributed by atoms with van der Waals surface area (Å²) >= 11 is 5.90. The summed E-state index contributed by atoms with van der Waals surface area (Å²) in [4.78, 5) is 114. The fourth-order valence-electron chi connectivity index (χ4n) is 12.4. The molecular formula is C56H64N23NaO21P2S3. The van der Waals surface area contributed by atoms with Crippen LogP contribution in [0.5, 0.6) is 0 Å². The van der Waals surface area contributed by atoms with Crippen LogP contribution in [-0.2, 0) is 91.7 Å². The molecule has 44 nitrogen and oxygen atoms in total. The zero-order chi connectivity index (χ0) is 74.0. The molecule has 0 radical (unpaired) electrons. The molecule has 0 saturated carbocycles. The standard InChI is InChI=1S/C35H39N12O11PS2.C21H26N11O10PS.Na/c1-18(2)31(48)44-35-43-30-26(33(50)45-35)40-17-47(30)34-27-19(3)23(56-34)14-54-59(60,53-11-10-36-4)57-21-12-24(55-22(21)13-41-61(51,52)58-27)46-16-39-25-28(37-15-38-29(25)46)42-32(49)20-8-6-5-7-9-20;1-8-11-4-38-43(34,35)41-9-2-12(31-6-26-13-16(22)24-5-25-17(13)31)39-10(9)3-28-44(36,37)42-15(8)20(40-11)32-7-27-14-18(32)29-21(23)30-19(14)33;/h5-9,15-19,21-24,27,34,41H,10-14H2,1-3H3,(H,37,38,42,49)(H2,43,44,45,48,50);5-12,15,20,28H,2-4H2,1H3,(H,34,35)(H2,22,24,25)(H3,23,29,30,33);/q;;+1/p-1/t19-,21+,22-,23-,24-,27-,34-,59?;8-,9+,10-,11-,12-,15-,20-;/m11./s1. The van der Waals surface area contributed by atoms with Gasteiger partial charge in [0.15, 0.2) is 63.2 Å². The number of amides is 2. The molecule has 106 heavy (non-hydrogen) atoms. The van der Waals surface area contributed by atoms with Crippen molar-refractivity contribution >= 4 is 127 Å². The van der Waals surface area contributed by atoms with Crippen molar-refractivity contribution in [2.75, 3.05) is 61.6 Å². The van der Waals surface area contributed by atoms with Gasteiger partial charge in [-0.05, 0) is 23.9 Å². The van der Waals surface area contributed by atoms with E-state index < -0.39 is 163 Å². The Kier molecular flexibility index (Phi) is 22.2. The third kappa shape index (κ3) is 15.9. The van der Waals surface area contributed by atoms with Gasteiger partial charge in [0.25, 0.3) is 24.8 Å². The largest absolute Gasteiger partial charge is 1.00 e. The minimum atomic E-state index is -5.00. The number of hydrogen-bond donors (Lipinski definition) is 8. The summed E-state index contributed by atoms with van der Waals surface area (Å²) in [6, 6.07) is 8.57. The minimum Gasteiger partial charge on any atom is -0.756 e. The van der Waals surface area contributed by atoms with Gasteiger partial charge in [-0.25, -0.2) is 54.8 Å². The van der Waals surface area contributed by atoms with Gasteiger partial charge >= 0.3 is 56.9 Å². The van der Waals surface area contributed by atoms with E-state index in [4.69, 9.17) is 79.8 Å². The van der Waals surface area contributed by atoms with Crippen molar-refractivity contribution in [2.45, 2.75) is 114 Å². The van der Waals surface area contributed by atoms with Crippen LogP contribution in [0.2, 0.25) is 0 Å². The molecule has 10 N–H and O–H groups in total. The third-order valence-corrected chi connectivity index (χ3v) is 23.1. The Morgan fingerprint density at radius 2 is 1.22 bits per heavy atom. The van der Waals surface area contributed by atoms with Gasteiger partial charge in [-0.3, -0.25) is 57.3 Å². The van der Waals surface area contributed by atoms with Gasteiger partial charge in [0.1, 0.15) is 61.6 Å². The first-order chi connectivity index (χ1) is 50.1. The van der Waals surface area contributed by atoms with Gasteiger partial charge in [0, 0.05) is 49.2 Å². The first-order valence-corrected chi connectivity index (χ1v) is 38.9. The Morgan fingerprint density at radius 3 is 1.81 bits per heavy atom. The molecule has 2 unspecified atom stereocenters. The maximum atomic E-state index is 13.8. The molecule has 50 heteroatoms. The number of fused-ring (bicyclic) bond motifs is 10. The number of aromatic nitrogens is 16. The van der Waals surface area contributed by atoms with E-state index in [9.17, 15) is 45.5 Å². The number of phosphoric ester groups is 1. The number of anilines is 4. The molecule has 558 valence electrons. The van der Waals surface area contributed by atoms with Crippen molar-refractivity contribution in [3.63, 3.8) is 0 Å². The molecule has 0 spiro atoms. The molecule has 4 bridgehead atoms. The minimum absolute atomic E-state index is 0. The smallest absolute Gasteiger partial charge is 0.756 e. The SMILES string of the molecule is C[C@H]1[C@H]2OS(=O)(=O)NC[C@H]3O[C@@H](n4cnc5c(N)ncnc54)C[C@@H]3OP(=O)([O-])OC[C@H]1O[C@H]2n1cnc2c(=O)[nH]c(N)nc21.[C-]#[N+]CCOP1(=S)OC[C@H]2O[C@@H](n3cnc4c(=O)[nH]c(NC(=O)C(C)C)nc43)[C@H](OS(=O)(=O)NC[C@H]3O[C@@H](n4cnc5c(NC(=O)c6ccccc6)ncnc54)C[C@@H]3O1)[C@@H]2C.[Na+]. The third-order valence-electron chi connectivity index (χ3n) is 17.8. The number of aromatic amines is 2. The zero-order valence-corrected chi connectivity index (χ0v) is 62.5. The van der Waals surface area contributed by atoms with E-state index in [1.165, 1.54) is 51.7 Å². The first kappa shape index (κ1) is 76.5. The fraction of sp³-hybridized carbons (Fsp3) is 0.482. The summed E-state index contributed by atoms with van der Waals surface area (Å²) in [5.74, 6) is -2.76. The summed E-state index contributed by atoms with van der Waals surface area (Å²) in [6.45, 7) is 8.37. The van der Waals surface area contributed by atoms with Crippen LogP contribution in [0.4, 0.5) is 23.5 Å². The van der Waals surface area contributed by atoms with E-state index >= 15 is 0 Å². The number of imidazole rings is 4. The van der Waals surface area contributed by atoms with Crippen LogP contribution >= 0.6 is 14.5 Å². The van der Waals surface area contributed by atoms with Crippen LogP contribution in [0.1, 0.15) is 75.8 Å². The molecule has 8 aromatic heterocycles. The molecule has 14 heterocycles. The van der Waals surface area contributed by atoms with Crippen LogP contribution in [0, 0.1) is 24.3 Å². The summed E-state index contributed by atoms with van der Waals surface area (Å²) < 4.78 is 143. The number of nitrogens with one attached hydrogen (secondary N) is 6. The van der Waals surface area contributed by atoms with Crippen LogP contribution in [0.25, 0.3) is 49.5 Å². The van der Waals surface area contributed by atoms with Gasteiger partial charge in [0.05, 0.1) is 62.9 Å². The second-order valence-electron chi connectivity index (χ2n) is 24.9. The van der Waals surface area contributed by atoms with Crippen molar-refractivity contribution in [2.24, 2.45) is 17.8 Å². The number of carbonyl (C=O) groups is 2. The molecule has 15 rings (SSSR count). The molecule has 1 aromatic carbocycles. The van der Waals surface area contributed by atoms with Gasteiger partial charge in [0.2, 0.25) is 24.3 Å². The second-order valence-corrected chi connectivity index (χ2v) is 32.0. The molecule has 6 aliphatic rings. The zero-order valence-electron chi connectivity index (χ0n) is 56.2. The average molecular weight is 1580 g/mol. The predicted molar refractivity (Wildman–Crippen MR) is 361 cm³/mol. The van der Waals surface area contributed by atoms with Crippen molar-refractivity contribution in [3.8, 4) is 0 Å². The summed E-state index contributed by atoms with van der Waals surface area (Å²) in [6.07, 6.45) is -4.92. The fourth-order valence-corrected chi connectivity index (χ4v) is 17.5. The number of ether oxygens (including phenoxy) is 4. The Morgan fingerprint density at radius 1 is 0.689 bits per heavy atom. The first-order valence-electron chi connectivity index (χ1n) is 32.1. The predicted octanol–water partition coefficient (Wildman–Crippen LogP) is -2.53. The second kappa shape index (κ2) is 30.7. The number of rotatable bonds is 11. The average Bonchev–Trinajstić information content (AvgIpc) is 1.62. The van der Waals surface area contributed by atoms with E-state index in [0.717, 1.165) is 0 Å².